The molecule has 2 rings (SSSR count). The fourth-order valence-electron chi connectivity index (χ4n) is 1.56. The number of nitrogens with zero attached hydrogens (tertiary/aromatic N) is 3. The molecule has 6 heteroatoms. The maximum absolute atomic E-state index is 12.8. The molecule has 2 aromatic heterocycles. The van der Waals surface area contributed by atoms with Crippen LogP contribution in [0.25, 0.3) is 11.5 Å². The van der Waals surface area contributed by atoms with Crippen molar-refractivity contribution in [2.24, 2.45) is 5.73 Å². The molecule has 0 radical (unpaired) electrons. The average Bonchev–Trinajstić information content (AvgIpc) is 2.38. The lowest BCUT2D eigenvalue weighted by molar-refractivity contribution is 0.144. The lowest BCUT2D eigenvalue weighted by Gasteiger charge is -2.07. The number of nitrogens with two attached hydrogens (primary N) is 1. The van der Waals surface area contributed by atoms with Crippen LogP contribution in [0.2, 0.25) is 0 Å². The Balaban J connectivity index is 2.50. The molecule has 0 aromatic carbocycles. The van der Waals surface area contributed by atoms with Gasteiger partial charge < -0.3 is 5.73 Å². The minimum absolute atomic E-state index is 0.0127. The van der Waals surface area contributed by atoms with E-state index >= 15 is 0 Å². The second-order valence-electron chi connectivity index (χ2n) is 3.77. The number of pyridine rings is 1. The monoisotopic (exact) mass is 250 g/mol. The number of halogens is 2. The maximum Gasteiger partial charge on any atom is 0.280 e. The smallest absolute Gasteiger partial charge is 0.280 e. The molecule has 0 unspecified atom stereocenters. The third kappa shape index (κ3) is 2.48. The SMILES string of the molecule is Cc1cccc(-c2ncc(CN)c(C(F)F)n2)n1. The summed E-state index contributed by atoms with van der Waals surface area (Å²) < 4.78 is 25.6. The van der Waals surface area contributed by atoms with Gasteiger partial charge in [-0.1, -0.05) is 6.07 Å². The molecule has 0 fully saturated rings. The van der Waals surface area contributed by atoms with Gasteiger partial charge in [0.1, 0.15) is 11.4 Å². The minimum atomic E-state index is -2.67. The van der Waals surface area contributed by atoms with E-state index in [4.69, 9.17) is 5.73 Å². The molecule has 4 nitrogen and oxygen atoms in total. The van der Waals surface area contributed by atoms with Crippen LogP contribution in [0.1, 0.15) is 23.4 Å². The normalized spacial score (nSPS) is 10.9. The Morgan fingerprint density at radius 3 is 2.67 bits per heavy atom. The molecule has 0 aliphatic rings. The van der Waals surface area contributed by atoms with Crippen LogP contribution >= 0.6 is 0 Å². The quantitative estimate of drug-likeness (QED) is 0.907. The summed E-state index contributed by atoms with van der Waals surface area (Å²) in [4.78, 5) is 12.1. The Labute approximate surface area is 103 Å². The van der Waals surface area contributed by atoms with E-state index in [0.29, 0.717) is 5.69 Å². The van der Waals surface area contributed by atoms with Crippen molar-refractivity contribution in [3.05, 3.63) is 41.3 Å². The molecule has 0 bridgehead atoms. The predicted octanol–water partition coefficient (Wildman–Crippen LogP) is 2.24. The third-order valence-corrected chi connectivity index (χ3v) is 2.44. The first-order chi connectivity index (χ1) is 8.61. The van der Waals surface area contributed by atoms with E-state index in [1.807, 2.05) is 13.0 Å². The summed E-state index contributed by atoms with van der Waals surface area (Å²) in [6.07, 6.45) is -1.34. The van der Waals surface area contributed by atoms with Crippen LogP contribution in [-0.2, 0) is 6.54 Å². The van der Waals surface area contributed by atoms with Gasteiger partial charge in [0.25, 0.3) is 6.43 Å². The van der Waals surface area contributed by atoms with Crippen LogP contribution in [0.3, 0.4) is 0 Å². The molecular formula is C12H12F2N4. The van der Waals surface area contributed by atoms with Crippen molar-refractivity contribution in [1.82, 2.24) is 15.0 Å². The number of aromatic nitrogens is 3. The Kier molecular flexibility index (Phi) is 3.57. The molecule has 0 aliphatic heterocycles. The van der Waals surface area contributed by atoms with Gasteiger partial charge in [0, 0.05) is 24.0 Å². The predicted molar refractivity (Wildman–Crippen MR) is 62.8 cm³/mol. The zero-order chi connectivity index (χ0) is 13.1. The summed E-state index contributed by atoms with van der Waals surface area (Å²) >= 11 is 0. The fraction of sp³-hybridized carbons (Fsp3) is 0.250. The van der Waals surface area contributed by atoms with E-state index in [0.717, 1.165) is 5.69 Å². The second kappa shape index (κ2) is 5.14. The van der Waals surface area contributed by atoms with Gasteiger partial charge in [-0.25, -0.2) is 23.7 Å². The van der Waals surface area contributed by atoms with Crippen molar-refractivity contribution < 1.29 is 8.78 Å². The summed E-state index contributed by atoms with van der Waals surface area (Å²) in [6.45, 7) is 1.80. The van der Waals surface area contributed by atoms with E-state index in [2.05, 4.69) is 15.0 Å². The van der Waals surface area contributed by atoms with Crippen LogP contribution in [0.15, 0.2) is 24.4 Å². The molecule has 0 spiro atoms. The lowest BCUT2D eigenvalue weighted by atomic mass is 10.2. The highest BCUT2D eigenvalue weighted by atomic mass is 19.3. The van der Waals surface area contributed by atoms with E-state index < -0.39 is 6.43 Å². The second-order valence-corrected chi connectivity index (χ2v) is 3.77. The Hall–Kier alpha value is -1.95. The minimum Gasteiger partial charge on any atom is -0.326 e. The first-order valence-corrected chi connectivity index (χ1v) is 5.40. The molecule has 2 aromatic rings. The molecule has 94 valence electrons. The summed E-state index contributed by atoms with van der Waals surface area (Å²) in [7, 11) is 0. The van der Waals surface area contributed by atoms with Crippen LogP contribution in [0.5, 0.6) is 0 Å². The number of hydrogen-bond donors (Lipinski definition) is 1. The zero-order valence-corrected chi connectivity index (χ0v) is 9.77. The van der Waals surface area contributed by atoms with Gasteiger partial charge in [0.05, 0.1) is 0 Å². The lowest BCUT2D eigenvalue weighted by Crippen LogP contribution is -2.07. The summed E-state index contributed by atoms with van der Waals surface area (Å²) in [6, 6.07) is 5.27. The molecule has 0 atom stereocenters. The Morgan fingerprint density at radius 1 is 1.28 bits per heavy atom. The topological polar surface area (TPSA) is 64.7 Å². The van der Waals surface area contributed by atoms with E-state index in [1.54, 1.807) is 12.1 Å². The molecular weight excluding hydrogens is 238 g/mol. The van der Waals surface area contributed by atoms with Crippen molar-refractivity contribution >= 4 is 0 Å². The Bertz CT molecular complexity index is 558. The highest BCUT2D eigenvalue weighted by Gasteiger charge is 2.16. The number of aryl methyl sites for hydroxylation is 1. The number of alkyl halides is 2. The zero-order valence-electron chi connectivity index (χ0n) is 9.77. The standard InChI is InChI=1S/C12H12F2N4/c1-7-3-2-4-9(17-7)12-16-6-8(5-15)10(18-12)11(13)14/h2-4,6,11H,5,15H2,1H3. The molecule has 2 heterocycles. The molecule has 0 amide bonds. The van der Waals surface area contributed by atoms with Crippen molar-refractivity contribution in [2.45, 2.75) is 19.9 Å². The van der Waals surface area contributed by atoms with Gasteiger partial charge in [0.2, 0.25) is 0 Å². The summed E-state index contributed by atoms with van der Waals surface area (Å²) in [5.41, 5.74) is 6.54. The number of hydrogen-bond acceptors (Lipinski definition) is 4. The Morgan fingerprint density at radius 2 is 2.06 bits per heavy atom. The highest BCUT2D eigenvalue weighted by molar-refractivity contribution is 5.49. The van der Waals surface area contributed by atoms with Crippen LogP contribution in [0, 0.1) is 6.92 Å². The van der Waals surface area contributed by atoms with Crippen LogP contribution in [0.4, 0.5) is 8.78 Å². The van der Waals surface area contributed by atoms with Gasteiger partial charge in [-0.3, -0.25) is 0 Å². The van der Waals surface area contributed by atoms with Crippen molar-refractivity contribution in [2.75, 3.05) is 0 Å². The highest BCUT2D eigenvalue weighted by Crippen LogP contribution is 2.22. The van der Waals surface area contributed by atoms with Gasteiger partial charge in [-0.15, -0.1) is 0 Å². The molecule has 18 heavy (non-hydrogen) atoms. The molecule has 0 aliphatic carbocycles. The first kappa shape index (κ1) is 12.5. The average molecular weight is 250 g/mol. The van der Waals surface area contributed by atoms with E-state index in [-0.39, 0.29) is 23.6 Å². The van der Waals surface area contributed by atoms with Crippen molar-refractivity contribution in [3.63, 3.8) is 0 Å². The van der Waals surface area contributed by atoms with Crippen LogP contribution < -0.4 is 5.73 Å². The molecule has 0 saturated heterocycles. The van der Waals surface area contributed by atoms with Gasteiger partial charge in [-0.2, -0.15) is 0 Å². The first-order valence-electron chi connectivity index (χ1n) is 5.40. The van der Waals surface area contributed by atoms with E-state index in [1.165, 1.54) is 6.20 Å². The van der Waals surface area contributed by atoms with Gasteiger partial charge in [-0.05, 0) is 19.1 Å². The summed E-state index contributed by atoms with van der Waals surface area (Å²) in [5, 5.41) is 0. The van der Waals surface area contributed by atoms with Crippen molar-refractivity contribution in [1.29, 1.82) is 0 Å². The third-order valence-electron chi connectivity index (χ3n) is 2.44. The van der Waals surface area contributed by atoms with E-state index in [9.17, 15) is 8.78 Å². The largest absolute Gasteiger partial charge is 0.326 e. The van der Waals surface area contributed by atoms with Crippen molar-refractivity contribution in [3.8, 4) is 11.5 Å². The number of rotatable bonds is 3. The molecule has 2 N–H and O–H groups in total. The van der Waals surface area contributed by atoms with Crippen LogP contribution in [-0.4, -0.2) is 15.0 Å². The molecule has 0 saturated carbocycles. The maximum atomic E-state index is 12.8. The summed E-state index contributed by atoms with van der Waals surface area (Å²) in [5.74, 6) is 0.186. The van der Waals surface area contributed by atoms with Gasteiger partial charge >= 0.3 is 0 Å². The fourth-order valence-corrected chi connectivity index (χ4v) is 1.56. The van der Waals surface area contributed by atoms with Gasteiger partial charge in [0.15, 0.2) is 5.82 Å².